The number of benzene rings is 5. The van der Waals surface area contributed by atoms with Gasteiger partial charge in [-0.1, -0.05) is 46.7 Å². The average Bonchev–Trinajstić information content (AvgIpc) is 3.66. The fraction of sp³-hybridized carbons (Fsp3) is 0.0250. The molecule has 0 atom stereocenters. The summed E-state index contributed by atoms with van der Waals surface area (Å²) >= 11 is 12.5. The van der Waals surface area contributed by atoms with Gasteiger partial charge in [0.25, 0.3) is 60.7 Å². The lowest BCUT2D eigenvalue weighted by Crippen LogP contribution is -2.07. The third-order valence-electron chi connectivity index (χ3n) is 10.2. The molecule has 5 aromatic carbocycles. The van der Waals surface area contributed by atoms with Crippen LogP contribution in [0.1, 0.15) is 16.7 Å². The Hall–Kier alpha value is -6.97. The van der Waals surface area contributed by atoms with Crippen molar-refractivity contribution >= 4 is 150 Å². The molecule has 27 nitrogen and oxygen atoms in total. The van der Waals surface area contributed by atoms with E-state index in [4.69, 9.17) is 23.2 Å². The summed E-state index contributed by atoms with van der Waals surface area (Å²) in [6.45, 7) is 1.32. The monoisotopic (exact) mass is 1210 g/mol. The Morgan fingerprint density at radius 1 is 0.513 bits per heavy atom. The van der Waals surface area contributed by atoms with Crippen molar-refractivity contribution in [3.05, 3.63) is 112 Å². The van der Waals surface area contributed by atoms with E-state index in [1.165, 1.54) is 19.1 Å². The smallest absolute Gasteiger partial charge is 0.296 e. The number of hydrogen-bond acceptors (Lipinski definition) is 22. The number of azo groups is 2. The summed E-state index contributed by atoms with van der Waals surface area (Å²) in [5.74, 6) is -0.695. The summed E-state index contributed by atoms with van der Waals surface area (Å²) in [6.07, 6.45) is 0. The van der Waals surface area contributed by atoms with E-state index in [2.05, 4.69) is 36.1 Å². The van der Waals surface area contributed by atoms with Gasteiger partial charge in [0.2, 0.25) is 0 Å². The van der Waals surface area contributed by atoms with Crippen LogP contribution in [-0.2, 0) is 60.7 Å². The molecule has 0 fully saturated rings. The molecule has 0 radical (unpaired) electrons. The van der Waals surface area contributed by atoms with Crippen LogP contribution in [0.3, 0.4) is 0 Å². The molecule has 7 rings (SSSR count). The number of halogens is 2. The molecule has 0 saturated carbocycles. The van der Waals surface area contributed by atoms with Crippen molar-refractivity contribution in [2.45, 2.75) is 36.3 Å². The number of nitrogens with one attached hydrogen (secondary N) is 2. The highest BCUT2D eigenvalue weighted by molar-refractivity contribution is 7.87. The van der Waals surface area contributed by atoms with Gasteiger partial charge in [-0.25, -0.2) is 4.98 Å². The van der Waals surface area contributed by atoms with Gasteiger partial charge >= 0.3 is 0 Å². The summed E-state index contributed by atoms with van der Waals surface area (Å²) < 4.78 is 206. The van der Waals surface area contributed by atoms with Gasteiger partial charge in [-0.15, -0.1) is 20.5 Å². The van der Waals surface area contributed by atoms with Crippen molar-refractivity contribution in [1.82, 2.24) is 4.98 Å². The van der Waals surface area contributed by atoms with Crippen LogP contribution in [0.25, 0.3) is 21.9 Å². The van der Waals surface area contributed by atoms with Gasteiger partial charge in [0.1, 0.15) is 48.0 Å². The van der Waals surface area contributed by atoms with Gasteiger partial charge in [0, 0.05) is 33.3 Å². The first-order valence-corrected chi connectivity index (χ1v) is 29.9. The molecule has 2 aromatic heterocycles. The van der Waals surface area contributed by atoms with E-state index in [1.54, 1.807) is 0 Å². The summed E-state index contributed by atoms with van der Waals surface area (Å²) in [6, 6.07) is 16.4. The summed E-state index contributed by atoms with van der Waals surface area (Å²) in [4.78, 5) is -1.40. The van der Waals surface area contributed by atoms with Crippen molar-refractivity contribution < 1.29 is 77.8 Å². The van der Waals surface area contributed by atoms with Gasteiger partial charge < -0.3 is 10.6 Å². The number of fused-ring (bicyclic) bond motifs is 1. The van der Waals surface area contributed by atoms with Crippen LogP contribution in [-0.4, -0.2) is 82.8 Å². The zero-order chi connectivity index (χ0) is 56.2. The molecule has 0 saturated heterocycles. The fourth-order valence-electron chi connectivity index (χ4n) is 6.86. The molecule has 0 unspecified atom stereocenters. The van der Waals surface area contributed by atoms with E-state index in [1.807, 2.05) is 12.1 Å². The molecule has 2 heterocycles. The van der Waals surface area contributed by atoms with E-state index in [0.717, 1.165) is 54.6 Å². The number of aromatic nitrogens is 1. The van der Waals surface area contributed by atoms with Gasteiger partial charge in [0.05, 0.1) is 31.1 Å². The third kappa shape index (κ3) is 12.2. The molecule has 36 heteroatoms. The lowest BCUT2D eigenvalue weighted by Gasteiger charge is -2.16. The Morgan fingerprint density at radius 3 is 1.47 bits per heavy atom. The summed E-state index contributed by atoms with van der Waals surface area (Å²) in [5.41, 5.74) is -2.22. The van der Waals surface area contributed by atoms with Crippen molar-refractivity contribution in [1.29, 1.82) is 10.5 Å². The normalized spacial score (nSPS) is 12.8. The van der Waals surface area contributed by atoms with Crippen LogP contribution in [0.5, 0.6) is 0 Å². The van der Waals surface area contributed by atoms with E-state index < -0.39 is 117 Å². The van der Waals surface area contributed by atoms with E-state index in [9.17, 15) is 88.3 Å². The highest BCUT2D eigenvalue weighted by Gasteiger charge is 2.28. The number of nitriles is 2. The maximum absolute atomic E-state index is 12.7. The molecule has 0 amide bonds. The topological polar surface area (TPSA) is 460 Å². The molecule has 394 valence electrons. The first-order chi connectivity index (χ1) is 35.1. The molecule has 0 aliphatic rings. The van der Waals surface area contributed by atoms with Crippen LogP contribution < -0.4 is 10.6 Å². The quantitative estimate of drug-likeness (QED) is 0.0350. The van der Waals surface area contributed by atoms with E-state index >= 15 is 0 Å². The molecule has 76 heavy (non-hydrogen) atoms. The SMILES string of the molecule is Cc1c(C#N)c(Nc2ccc(Cl)c(S(=O)(=O)O)c2)nc(Nc2ccc(Cl)c(S(=O)(=O)O)c2)c1N=Nc1sc(N=Nc2cc(S(=O)(=O)O)c3cc(S(=O)(=O)O)cc(S(=O)(=O)O)c3c2)c(-c2ccc(S(=O)(=O)O)cc2)c1C#N. The van der Waals surface area contributed by atoms with Crippen LogP contribution in [0.15, 0.2) is 135 Å². The predicted octanol–water partition coefficient (Wildman–Crippen LogP) is 9.12. The van der Waals surface area contributed by atoms with Crippen LogP contribution >= 0.6 is 34.5 Å². The van der Waals surface area contributed by atoms with Crippen molar-refractivity contribution in [2.75, 3.05) is 10.6 Å². The molecular formula is C40H25Cl2N9O18S7. The van der Waals surface area contributed by atoms with Gasteiger partial charge in [-0.2, -0.15) is 61.0 Å². The Kier molecular flexibility index (Phi) is 15.3. The standard InChI is InChI=1S/C40H25Cl2N9O18S7/c1-18-27(16-43)37(45-20-4-8-29(41)33(11-20)75(64,65)66)47-38(46-21-5-9-30(42)34(12-21)76(67,68)69)36(18)49-50-39-28(17-44)35(19-2-6-23(7-3-19)71(52,53)54)40(70-39)51-48-22-10-25-26(31(13-22)73(58,59)60)14-24(72(55,56)57)15-32(25)74(61,62)63/h2-15H,1H3,(H2,45,46,47)(H,52,53,54)(H,55,56,57)(H,58,59,60)(H,61,62,63)(H,64,65,66)(H,67,68,69). The fourth-order valence-corrected chi connectivity index (χ4v) is 12.3. The second-order valence-electron chi connectivity index (χ2n) is 15.1. The number of pyridine rings is 1. The zero-order valence-corrected chi connectivity index (χ0v) is 44.1. The summed E-state index contributed by atoms with van der Waals surface area (Å²) in [7, 11) is -30.8. The Bertz CT molecular complexity index is 4530. The summed E-state index contributed by atoms with van der Waals surface area (Å²) in [5, 5.41) is 40.0. The van der Waals surface area contributed by atoms with E-state index in [-0.39, 0.29) is 72.0 Å². The largest absolute Gasteiger partial charge is 0.339 e. The first-order valence-electron chi connectivity index (χ1n) is 19.7. The molecule has 0 aliphatic carbocycles. The van der Waals surface area contributed by atoms with Crippen LogP contribution in [0.2, 0.25) is 10.0 Å². The second kappa shape index (κ2) is 20.5. The second-order valence-corrected chi connectivity index (χ2v) is 25.3. The minimum atomic E-state index is -5.46. The molecule has 8 N–H and O–H groups in total. The Balaban J connectivity index is 1.46. The molecular weight excluding hydrogens is 1190 g/mol. The Labute approximate surface area is 443 Å². The van der Waals surface area contributed by atoms with Gasteiger partial charge in [-0.3, -0.25) is 27.3 Å². The number of thiophene rings is 1. The molecule has 0 spiro atoms. The van der Waals surface area contributed by atoms with Crippen LogP contribution in [0.4, 0.5) is 44.4 Å². The maximum Gasteiger partial charge on any atom is 0.296 e. The van der Waals surface area contributed by atoms with Gasteiger partial charge in [0.15, 0.2) is 16.6 Å². The Morgan fingerprint density at radius 2 is 0.987 bits per heavy atom. The predicted molar refractivity (Wildman–Crippen MR) is 269 cm³/mol. The molecule has 0 aliphatic heterocycles. The molecule has 7 aromatic rings. The van der Waals surface area contributed by atoms with Crippen molar-refractivity contribution in [3.8, 4) is 23.3 Å². The number of hydrogen-bond donors (Lipinski definition) is 8. The minimum Gasteiger partial charge on any atom is -0.339 e. The highest BCUT2D eigenvalue weighted by Crippen LogP contribution is 2.49. The average molecular weight is 1220 g/mol. The minimum absolute atomic E-state index is 0.0294. The van der Waals surface area contributed by atoms with Crippen molar-refractivity contribution in [2.24, 2.45) is 20.5 Å². The zero-order valence-electron chi connectivity index (χ0n) is 36.9. The van der Waals surface area contributed by atoms with Gasteiger partial charge in [-0.05, 0) is 85.3 Å². The lowest BCUT2D eigenvalue weighted by molar-refractivity contribution is 0.477. The van der Waals surface area contributed by atoms with Crippen LogP contribution in [0, 0.1) is 29.6 Å². The lowest BCUT2D eigenvalue weighted by atomic mass is 10.0. The first kappa shape index (κ1) is 56.8. The molecule has 0 bridgehead atoms. The van der Waals surface area contributed by atoms with Crippen molar-refractivity contribution in [3.63, 3.8) is 0 Å². The maximum atomic E-state index is 12.7. The highest BCUT2D eigenvalue weighted by atomic mass is 35.5. The van der Waals surface area contributed by atoms with E-state index in [0.29, 0.717) is 23.5 Å². The number of anilines is 4. The third-order valence-corrected chi connectivity index (χ3v) is 17.3. The number of rotatable bonds is 15. The number of nitrogens with zero attached hydrogens (tertiary/aromatic N) is 7.